The number of ether oxygens (including phenoxy) is 1. The van der Waals surface area contributed by atoms with Gasteiger partial charge in [-0.2, -0.15) is 8.78 Å². The Morgan fingerprint density at radius 1 is 1.10 bits per heavy atom. The summed E-state index contributed by atoms with van der Waals surface area (Å²) in [4.78, 5) is 0. The molecule has 0 heterocycles. The van der Waals surface area contributed by atoms with Crippen molar-refractivity contribution in [3.8, 4) is 5.75 Å². The first-order valence-electron chi connectivity index (χ1n) is 7.44. The highest BCUT2D eigenvalue weighted by Gasteiger charge is 2.28. The largest absolute Gasteiger partial charge is 0.429 e. The van der Waals surface area contributed by atoms with E-state index in [1.165, 1.54) is 0 Å². The van der Waals surface area contributed by atoms with Gasteiger partial charge in [-0.05, 0) is 56.6 Å². The fraction of sp³-hybridized carbons (Fsp3) is 0.444. The molecule has 1 aliphatic carbocycles. The number of rotatable bonds is 5. The van der Waals surface area contributed by atoms with Gasteiger partial charge in [-0.15, -0.1) is 6.58 Å². The van der Waals surface area contributed by atoms with Crippen LogP contribution in [0.3, 0.4) is 0 Å². The van der Waals surface area contributed by atoms with Gasteiger partial charge in [0.2, 0.25) is 0 Å². The molecule has 0 radical (unpaired) electrons. The molecule has 0 bridgehead atoms. The van der Waals surface area contributed by atoms with Crippen LogP contribution >= 0.6 is 0 Å². The minimum atomic E-state index is -3.26. The van der Waals surface area contributed by atoms with Crippen molar-refractivity contribution in [2.45, 2.75) is 38.7 Å². The molecule has 0 N–H and O–H groups in total. The van der Waals surface area contributed by atoms with Gasteiger partial charge in [-0.25, -0.2) is 0 Å². The van der Waals surface area contributed by atoms with Crippen molar-refractivity contribution in [2.24, 2.45) is 11.8 Å². The quantitative estimate of drug-likeness (QED) is 0.650. The van der Waals surface area contributed by atoms with E-state index in [-0.39, 0.29) is 11.7 Å². The van der Waals surface area contributed by atoms with Crippen LogP contribution in [0.5, 0.6) is 5.75 Å². The lowest BCUT2D eigenvalue weighted by Gasteiger charge is -2.24. The number of alkyl halides is 2. The Morgan fingerprint density at radius 3 is 2.24 bits per heavy atom. The topological polar surface area (TPSA) is 9.23 Å². The van der Waals surface area contributed by atoms with E-state index in [1.54, 1.807) is 30.3 Å². The second-order valence-electron chi connectivity index (χ2n) is 5.75. The zero-order valence-electron chi connectivity index (χ0n) is 12.4. The molecule has 0 spiro atoms. The fourth-order valence-electron chi connectivity index (χ4n) is 2.62. The number of hydrogen-bond acceptors (Lipinski definition) is 1. The molecular weight excluding hydrogens is 270 g/mol. The van der Waals surface area contributed by atoms with Crippen molar-refractivity contribution >= 4 is 0 Å². The van der Waals surface area contributed by atoms with Crippen LogP contribution in [0.2, 0.25) is 0 Å². The average Bonchev–Trinajstić information content (AvgIpc) is 2.48. The van der Waals surface area contributed by atoms with Crippen molar-refractivity contribution in [1.82, 2.24) is 0 Å². The number of benzene rings is 1. The number of aryl methyl sites for hydroxylation is 1. The lowest BCUT2D eigenvalue weighted by Crippen LogP contribution is -2.22. The van der Waals surface area contributed by atoms with E-state index >= 15 is 0 Å². The molecule has 2 rings (SSSR count). The summed E-state index contributed by atoms with van der Waals surface area (Å²) in [7, 11) is 0. The van der Waals surface area contributed by atoms with Gasteiger partial charge in [0.1, 0.15) is 5.75 Å². The maximum absolute atomic E-state index is 13.8. The van der Waals surface area contributed by atoms with E-state index in [1.807, 2.05) is 13.0 Å². The molecule has 1 fully saturated rings. The summed E-state index contributed by atoms with van der Waals surface area (Å²) >= 11 is 0. The van der Waals surface area contributed by atoms with Crippen LogP contribution in [0.4, 0.5) is 8.78 Å². The van der Waals surface area contributed by atoms with Crippen LogP contribution in [0, 0.1) is 18.8 Å². The molecule has 0 aliphatic heterocycles. The van der Waals surface area contributed by atoms with E-state index in [0.29, 0.717) is 5.92 Å². The summed E-state index contributed by atoms with van der Waals surface area (Å²) in [5, 5.41) is 0. The summed E-state index contributed by atoms with van der Waals surface area (Å²) in [6.07, 6.45) is 5.15. The van der Waals surface area contributed by atoms with Gasteiger partial charge in [-0.1, -0.05) is 29.8 Å². The van der Waals surface area contributed by atoms with Crippen LogP contribution in [0.25, 0.3) is 0 Å². The normalized spacial score (nSPS) is 23.2. The Bertz CT molecular complexity index is 482. The highest BCUT2D eigenvalue weighted by atomic mass is 19.3. The first-order valence-corrected chi connectivity index (χ1v) is 7.44. The third-order valence-electron chi connectivity index (χ3n) is 3.99. The SMILES string of the molecule is C=CC1CCC(C=CC(F)(F)Oc2ccc(C)cc2)CC1. The Hall–Kier alpha value is -1.64. The van der Waals surface area contributed by atoms with E-state index in [0.717, 1.165) is 37.3 Å². The van der Waals surface area contributed by atoms with Crippen LogP contribution in [-0.2, 0) is 0 Å². The standard InChI is InChI=1S/C18H22F2O/c1-3-15-6-8-16(9-7-15)12-13-18(19,20)21-17-10-4-14(2)5-11-17/h3-5,10-13,15-16H,1,6-9H2,2H3. The van der Waals surface area contributed by atoms with Crippen molar-refractivity contribution in [2.75, 3.05) is 0 Å². The first-order chi connectivity index (χ1) is 9.98. The van der Waals surface area contributed by atoms with Gasteiger partial charge < -0.3 is 4.74 Å². The van der Waals surface area contributed by atoms with Crippen LogP contribution in [-0.4, -0.2) is 6.11 Å². The Labute approximate surface area is 125 Å². The molecule has 1 aromatic carbocycles. The summed E-state index contributed by atoms with van der Waals surface area (Å²) in [5.74, 6) is 0.943. The average molecular weight is 292 g/mol. The van der Waals surface area contributed by atoms with Crippen molar-refractivity contribution < 1.29 is 13.5 Å². The van der Waals surface area contributed by atoms with Crippen molar-refractivity contribution in [3.05, 3.63) is 54.6 Å². The van der Waals surface area contributed by atoms with Gasteiger partial charge in [0, 0.05) is 6.08 Å². The summed E-state index contributed by atoms with van der Waals surface area (Å²) in [5.41, 5.74) is 1.01. The minimum Gasteiger partial charge on any atom is -0.429 e. The summed E-state index contributed by atoms with van der Waals surface area (Å²) < 4.78 is 32.3. The molecule has 114 valence electrons. The lowest BCUT2D eigenvalue weighted by atomic mass is 9.82. The van der Waals surface area contributed by atoms with Crippen LogP contribution in [0.1, 0.15) is 31.2 Å². The summed E-state index contributed by atoms with van der Waals surface area (Å²) in [6, 6.07) is 6.64. The molecule has 21 heavy (non-hydrogen) atoms. The molecule has 0 amide bonds. The van der Waals surface area contributed by atoms with Gasteiger partial charge in [-0.3, -0.25) is 0 Å². The third kappa shape index (κ3) is 5.00. The van der Waals surface area contributed by atoms with Crippen LogP contribution in [0.15, 0.2) is 49.1 Å². The lowest BCUT2D eigenvalue weighted by molar-refractivity contribution is -0.132. The van der Waals surface area contributed by atoms with E-state index in [9.17, 15) is 8.78 Å². The molecule has 0 unspecified atom stereocenters. The molecule has 0 saturated heterocycles. The van der Waals surface area contributed by atoms with Crippen LogP contribution < -0.4 is 4.74 Å². The fourth-order valence-corrected chi connectivity index (χ4v) is 2.62. The molecule has 0 aromatic heterocycles. The molecule has 1 saturated carbocycles. The highest BCUT2D eigenvalue weighted by Crippen LogP contribution is 2.31. The first kappa shape index (κ1) is 15.7. The molecule has 1 aliphatic rings. The van der Waals surface area contributed by atoms with Gasteiger partial charge in [0.25, 0.3) is 0 Å². The van der Waals surface area contributed by atoms with Gasteiger partial charge >= 0.3 is 6.11 Å². The van der Waals surface area contributed by atoms with E-state index in [4.69, 9.17) is 4.74 Å². The smallest absolute Gasteiger partial charge is 0.419 e. The number of hydrogen-bond donors (Lipinski definition) is 0. The third-order valence-corrected chi connectivity index (χ3v) is 3.99. The maximum Gasteiger partial charge on any atom is 0.419 e. The monoisotopic (exact) mass is 292 g/mol. The minimum absolute atomic E-state index is 0.186. The second-order valence-corrected chi connectivity index (χ2v) is 5.75. The molecule has 1 nitrogen and oxygen atoms in total. The zero-order valence-corrected chi connectivity index (χ0v) is 12.4. The van der Waals surface area contributed by atoms with Crippen molar-refractivity contribution in [3.63, 3.8) is 0 Å². The van der Waals surface area contributed by atoms with E-state index < -0.39 is 6.11 Å². The maximum atomic E-state index is 13.8. The van der Waals surface area contributed by atoms with Gasteiger partial charge in [0.05, 0.1) is 0 Å². The van der Waals surface area contributed by atoms with Crippen molar-refractivity contribution in [1.29, 1.82) is 0 Å². The Morgan fingerprint density at radius 2 is 1.67 bits per heavy atom. The Kier molecular flexibility index (Phi) is 5.16. The predicted octanol–water partition coefficient (Wildman–Crippen LogP) is 5.52. The molecule has 0 atom stereocenters. The molecule has 3 heteroatoms. The highest BCUT2D eigenvalue weighted by molar-refractivity contribution is 5.27. The summed E-state index contributed by atoms with van der Waals surface area (Å²) in [6.45, 7) is 5.69. The molecular formula is C18H22F2O. The second kappa shape index (κ2) is 6.88. The van der Waals surface area contributed by atoms with Gasteiger partial charge in [0.15, 0.2) is 0 Å². The zero-order chi connectivity index (χ0) is 15.3. The number of halogens is 2. The Balaban J connectivity index is 1.89. The number of allylic oxidation sites excluding steroid dienone is 2. The predicted molar refractivity (Wildman–Crippen MR) is 81.5 cm³/mol. The van der Waals surface area contributed by atoms with E-state index in [2.05, 4.69) is 6.58 Å². The molecule has 1 aromatic rings.